The summed E-state index contributed by atoms with van der Waals surface area (Å²) in [6, 6.07) is 0.750. The van der Waals surface area contributed by atoms with Crippen LogP contribution < -0.4 is 5.32 Å². The molecule has 0 aromatic rings. The maximum absolute atomic E-state index is 3.92. The van der Waals surface area contributed by atoms with Gasteiger partial charge in [-0.15, -0.1) is 0 Å². The topological polar surface area (TPSA) is 12.0 Å². The van der Waals surface area contributed by atoms with Gasteiger partial charge in [-0.25, -0.2) is 0 Å². The SMILES string of the molecule is CCNC(C(C)CC)C12CC3CC(C)(CC(C)(C3)C1)C2. The molecule has 4 aliphatic rings. The number of rotatable bonds is 5. The van der Waals surface area contributed by atoms with Gasteiger partial charge in [0.25, 0.3) is 0 Å². The number of nitrogens with one attached hydrogen (secondary N) is 1. The van der Waals surface area contributed by atoms with E-state index in [0.717, 1.165) is 24.4 Å². The van der Waals surface area contributed by atoms with E-state index in [9.17, 15) is 0 Å². The van der Waals surface area contributed by atoms with Crippen LogP contribution in [0.4, 0.5) is 0 Å². The van der Waals surface area contributed by atoms with Crippen molar-refractivity contribution >= 4 is 0 Å². The molecule has 4 fully saturated rings. The maximum atomic E-state index is 3.92. The molecule has 4 bridgehead atoms. The Bertz CT molecular complexity index is 356. The summed E-state index contributed by atoms with van der Waals surface area (Å²) in [4.78, 5) is 0. The fourth-order valence-electron chi connectivity index (χ4n) is 7.36. The van der Waals surface area contributed by atoms with Gasteiger partial charge in [0, 0.05) is 6.04 Å². The molecule has 0 amide bonds. The van der Waals surface area contributed by atoms with Gasteiger partial charge >= 0.3 is 0 Å². The molecule has 4 rings (SSSR count). The van der Waals surface area contributed by atoms with E-state index in [1.807, 2.05) is 0 Å². The molecule has 0 spiro atoms. The van der Waals surface area contributed by atoms with Crippen LogP contribution >= 0.6 is 0 Å². The van der Waals surface area contributed by atoms with Crippen molar-refractivity contribution < 1.29 is 0 Å². The second-order valence-corrected chi connectivity index (χ2v) is 9.41. The molecule has 1 heteroatoms. The van der Waals surface area contributed by atoms with Crippen LogP contribution in [0.1, 0.15) is 79.6 Å². The zero-order valence-corrected chi connectivity index (χ0v) is 14.4. The zero-order valence-electron chi connectivity index (χ0n) is 14.4. The van der Waals surface area contributed by atoms with Gasteiger partial charge < -0.3 is 5.32 Å². The summed E-state index contributed by atoms with van der Waals surface area (Å²) in [5.41, 5.74) is 1.90. The first-order valence-corrected chi connectivity index (χ1v) is 9.07. The molecule has 116 valence electrons. The lowest BCUT2D eigenvalue weighted by molar-refractivity contribution is -0.163. The molecule has 1 N–H and O–H groups in total. The second-order valence-electron chi connectivity index (χ2n) is 9.41. The lowest BCUT2D eigenvalue weighted by atomic mass is 9.38. The van der Waals surface area contributed by atoms with E-state index in [0.29, 0.717) is 16.2 Å². The quantitative estimate of drug-likeness (QED) is 0.745. The van der Waals surface area contributed by atoms with Gasteiger partial charge in [0.15, 0.2) is 0 Å². The van der Waals surface area contributed by atoms with E-state index >= 15 is 0 Å². The van der Waals surface area contributed by atoms with Gasteiger partial charge in [-0.05, 0) is 73.2 Å². The third kappa shape index (κ3) is 2.25. The fourth-order valence-corrected chi connectivity index (χ4v) is 7.36. The van der Waals surface area contributed by atoms with Gasteiger partial charge in [-0.2, -0.15) is 0 Å². The van der Waals surface area contributed by atoms with E-state index in [-0.39, 0.29) is 0 Å². The minimum atomic E-state index is 0.606. The van der Waals surface area contributed by atoms with Crippen LogP contribution in [-0.2, 0) is 0 Å². The van der Waals surface area contributed by atoms with Crippen LogP contribution in [0.5, 0.6) is 0 Å². The minimum absolute atomic E-state index is 0.606. The van der Waals surface area contributed by atoms with Crippen LogP contribution in [0.15, 0.2) is 0 Å². The predicted octanol–water partition coefficient (Wildman–Crippen LogP) is 5.01. The smallest absolute Gasteiger partial charge is 0.0149 e. The molecule has 0 radical (unpaired) electrons. The molecule has 20 heavy (non-hydrogen) atoms. The first-order chi connectivity index (χ1) is 9.34. The summed E-state index contributed by atoms with van der Waals surface area (Å²) in [6.45, 7) is 13.5. The minimum Gasteiger partial charge on any atom is -0.313 e. The third-order valence-electron chi connectivity index (χ3n) is 6.97. The van der Waals surface area contributed by atoms with Gasteiger partial charge in [0.1, 0.15) is 0 Å². The Morgan fingerprint density at radius 3 is 2.05 bits per heavy atom. The molecule has 4 atom stereocenters. The highest BCUT2D eigenvalue weighted by atomic mass is 14.9. The summed E-state index contributed by atoms with van der Waals surface area (Å²) in [5, 5.41) is 3.92. The van der Waals surface area contributed by atoms with Crippen molar-refractivity contribution in [1.82, 2.24) is 5.32 Å². The zero-order chi connectivity index (χ0) is 14.6. The summed E-state index contributed by atoms with van der Waals surface area (Å²) in [6.07, 6.45) is 10.4. The Kier molecular flexibility index (Phi) is 3.52. The molecule has 1 nitrogen and oxygen atoms in total. The van der Waals surface area contributed by atoms with E-state index < -0.39 is 0 Å². The van der Waals surface area contributed by atoms with Crippen LogP contribution in [0.25, 0.3) is 0 Å². The third-order valence-corrected chi connectivity index (χ3v) is 6.97. The van der Waals surface area contributed by atoms with Crippen LogP contribution in [0.2, 0.25) is 0 Å². The lowest BCUT2D eigenvalue weighted by Crippen LogP contribution is -2.62. The van der Waals surface area contributed by atoms with Gasteiger partial charge in [0.2, 0.25) is 0 Å². The van der Waals surface area contributed by atoms with Crippen LogP contribution in [0, 0.1) is 28.1 Å². The van der Waals surface area contributed by atoms with Crippen LogP contribution in [-0.4, -0.2) is 12.6 Å². The van der Waals surface area contributed by atoms with Gasteiger partial charge in [0.05, 0.1) is 0 Å². The highest BCUT2D eigenvalue weighted by Gasteiger charge is 2.62. The molecule has 0 heterocycles. The van der Waals surface area contributed by atoms with Crippen molar-refractivity contribution in [3.05, 3.63) is 0 Å². The predicted molar refractivity (Wildman–Crippen MR) is 86.8 cm³/mol. The first kappa shape index (κ1) is 14.9. The Balaban J connectivity index is 1.94. The van der Waals surface area contributed by atoms with Gasteiger partial charge in [-0.1, -0.05) is 41.0 Å². The monoisotopic (exact) mass is 277 g/mol. The van der Waals surface area contributed by atoms with E-state index in [1.165, 1.54) is 44.9 Å². The number of hydrogen-bond donors (Lipinski definition) is 1. The molecule has 0 aliphatic heterocycles. The molecule has 0 saturated heterocycles. The van der Waals surface area contributed by atoms with E-state index in [2.05, 4.69) is 39.9 Å². The summed E-state index contributed by atoms with van der Waals surface area (Å²) in [5.74, 6) is 1.84. The van der Waals surface area contributed by atoms with Crippen molar-refractivity contribution in [2.45, 2.75) is 85.6 Å². The number of hydrogen-bond acceptors (Lipinski definition) is 1. The molecule has 4 unspecified atom stereocenters. The Morgan fingerprint density at radius 2 is 1.60 bits per heavy atom. The average Bonchev–Trinajstić information content (AvgIpc) is 2.30. The highest BCUT2D eigenvalue weighted by Crippen LogP contribution is 2.70. The molecule has 4 saturated carbocycles. The van der Waals surface area contributed by atoms with Crippen molar-refractivity contribution in [2.75, 3.05) is 6.54 Å². The Labute approximate surface area is 126 Å². The standard InChI is InChI=1S/C19H35N/c1-6-14(3)16(20-7-2)19-10-15-8-17(4,12-19)11-18(5,9-15)13-19/h14-16,20H,6-13H2,1-5H3. The van der Waals surface area contributed by atoms with Gasteiger partial charge in [-0.3, -0.25) is 0 Å². The lowest BCUT2D eigenvalue weighted by Gasteiger charge is -2.68. The molecule has 4 aliphatic carbocycles. The second kappa shape index (κ2) is 4.73. The molecular weight excluding hydrogens is 242 g/mol. The molecular formula is C19H35N. The summed E-state index contributed by atoms with van der Waals surface area (Å²) < 4.78 is 0. The van der Waals surface area contributed by atoms with Crippen molar-refractivity contribution in [1.29, 1.82) is 0 Å². The Morgan fingerprint density at radius 1 is 1.00 bits per heavy atom. The summed E-state index contributed by atoms with van der Waals surface area (Å²) >= 11 is 0. The van der Waals surface area contributed by atoms with Crippen LogP contribution in [0.3, 0.4) is 0 Å². The Hall–Kier alpha value is -0.0400. The average molecular weight is 277 g/mol. The first-order valence-electron chi connectivity index (χ1n) is 9.07. The largest absolute Gasteiger partial charge is 0.313 e. The fraction of sp³-hybridized carbons (Fsp3) is 1.00. The normalized spacial score (nSPS) is 49.4. The van der Waals surface area contributed by atoms with E-state index in [4.69, 9.17) is 0 Å². The van der Waals surface area contributed by atoms with Crippen molar-refractivity contribution in [3.63, 3.8) is 0 Å². The van der Waals surface area contributed by atoms with E-state index in [1.54, 1.807) is 0 Å². The van der Waals surface area contributed by atoms with Crippen molar-refractivity contribution in [3.8, 4) is 0 Å². The molecule has 0 aromatic carbocycles. The van der Waals surface area contributed by atoms with Crippen molar-refractivity contribution in [2.24, 2.45) is 28.1 Å². The highest BCUT2D eigenvalue weighted by molar-refractivity contribution is 5.14. The maximum Gasteiger partial charge on any atom is 0.0149 e. The summed E-state index contributed by atoms with van der Waals surface area (Å²) in [7, 11) is 0. The molecule has 0 aromatic heterocycles.